The number of anilines is 1. The van der Waals surface area contributed by atoms with Crippen LogP contribution in [0.1, 0.15) is 61.1 Å². The molecule has 0 N–H and O–H groups in total. The van der Waals surface area contributed by atoms with Crippen molar-refractivity contribution in [3.05, 3.63) is 71.3 Å². The lowest BCUT2D eigenvalue weighted by atomic mass is 9.47. The summed E-state index contributed by atoms with van der Waals surface area (Å²) in [5.74, 6) is 0.733. The van der Waals surface area contributed by atoms with Gasteiger partial charge in [-0.3, -0.25) is 4.79 Å². The predicted molar refractivity (Wildman–Crippen MR) is 139 cm³/mol. The van der Waals surface area contributed by atoms with E-state index in [1.54, 1.807) is 0 Å². The lowest BCUT2D eigenvalue weighted by Gasteiger charge is -2.57. The van der Waals surface area contributed by atoms with Gasteiger partial charge in [0.2, 0.25) is 0 Å². The summed E-state index contributed by atoms with van der Waals surface area (Å²) in [5.41, 5.74) is -0.838. The van der Waals surface area contributed by atoms with Crippen LogP contribution >= 0.6 is 0 Å². The van der Waals surface area contributed by atoms with E-state index in [0.717, 1.165) is 61.9 Å². The van der Waals surface area contributed by atoms with Crippen molar-refractivity contribution in [3.63, 3.8) is 0 Å². The summed E-state index contributed by atoms with van der Waals surface area (Å²) in [6.45, 7) is 0. The molecule has 0 aromatic heterocycles. The lowest BCUT2D eigenvalue weighted by molar-refractivity contribution is -0.145. The second-order valence-corrected chi connectivity index (χ2v) is 12.5. The average Bonchev–Trinajstić information content (AvgIpc) is 3.22. The molecule has 0 amide bonds. The highest BCUT2D eigenvalue weighted by Gasteiger charge is 2.67. The number of alkyl halides is 3. The quantitative estimate of drug-likeness (QED) is 0.436. The molecule has 5 fully saturated rings. The van der Waals surface area contributed by atoms with Crippen LogP contribution in [0.4, 0.5) is 18.9 Å². The van der Waals surface area contributed by atoms with Gasteiger partial charge in [0.15, 0.2) is 11.2 Å². The first-order valence-electron chi connectivity index (χ1n) is 13.8. The number of rotatable bonds is 3. The number of para-hydroxylation sites is 1. The maximum atomic E-state index is 15.0. The highest BCUT2D eigenvalue weighted by molar-refractivity contribution is 5.97. The van der Waals surface area contributed by atoms with Gasteiger partial charge in [-0.2, -0.15) is 23.7 Å². The molecule has 0 unspecified atom stereocenters. The number of Topliss-reactive ketones (excluding diaryl/α,β-unsaturated/α-hetero) is 1. The topological polar surface area (TPSA) is 67.9 Å². The SMILES string of the molecule is N#CC1(C#N)[C@H](c2ccc(C(F)(F)F)cc2)[C@H](C(=O)C23CC4CC(CC(C4)C2)C3)N2c3ccccc3C=C[C@H]21. The van der Waals surface area contributed by atoms with Crippen LogP contribution in [-0.4, -0.2) is 17.9 Å². The second kappa shape index (κ2) is 8.21. The van der Waals surface area contributed by atoms with Crippen molar-refractivity contribution in [2.45, 2.75) is 62.7 Å². The van der Waals surface area contributed by atoms with Gasteiger partial charge in [0.1, 0.15) is 0 Å². The Labute approximate surface area is 225 Å². The molecule has 0 radical (unpaired) electrons. The molecule has 2 aromatic rings. The number of carbonyl (C=O) groups is 1. The molecule has 4 saturated carbocycles. The van der Waals surface area contributed by atoms with Gasteiger partial charge >= 0.3 is 6.18 Å². The fourth-order valence-corrected chi connectivity index (χ4v) is 9.21. The van der Waals surface area contributed by atoms with Crippen LogP contribution in [0, 0.1) is 51.2 Å². The minimum Gasteiger partial charge on any atom is -0.351 e. The molecular formula is C32H28F3N3O. The highest BCUT2D eigenvalue weighted by Crippen LogP contribution is 2.63. The van der Waals surface area contributed by atoms with Crippen molar-refractivity contribution in [3.8, 4) is 12.1 Å². The highest BCUT2D eigenvalue weighted by atomic mass is 19.4. The van der Waals surface area contributed by atoms with E-state index >= 15 is 4.79 Å². The molecule has 4 bridgehead atoms. The van der Waals surface area contributed by atoms with Gasteiger partial charge in [-0.25, -0.2) is 0 Å². The molecule has 0 spiro atoms. The third kappa shape index (κ3) is 3.38. The van der Waals surface area contributed by atoms with Crippen LogP contribution in [0.3, 0.4) is 0 Å². The maximum absolute atomic E-state index is 15.0. The van der Waals surface area contributed by atoms with Gasteiger partial charge in [-0.05, 0) is 85.6 Å². The number of hydrogen-bond acceptors (Lipinski definition) is 4. The minimum absolute atomic E-state index is 0.0639. The van der Waals surface area contributed by atoms with Crippen molar-refractivity contribution in [2.24, 2.45) is 28.6 Å². The normalized spacial score (nSPS) is 35.2. The van der Waals surface area contributed by atoms with Gasteiger partial charge in [-0.1, -0.05) is 42.5 Å². The fourth-order valence-electron chi connectivity index (χ4n) is 9.21. The molecule has 3 atom stereocenters. The summed E-state index contributed by atoms with van der Waals surface area (Å²) in [6, 6.07) is 15.4. The van der Waals surface area contributed by atoms with E-state index in [0.29, 0.717) is 23.3 Å². The fraction of sp³-hybridized carbons (Fsp3) is 0.469. The molecular weight excluding hydrogens is 499 g/mol. The van der Waals surface area contributed by atoms with E-state index in [1.807, 2.05) is 41.3 Å². The number of ketones is 1. The zero-order chi connectivity index (χ0) is 27.2. The molecule has 8 rings (SSSR count). The Morgan fingerprint density at radius 1 is 0.897 bits per heavy atom. The van der Waals surface area contributed by atoms with Gasteiger partial charge < -0.3 is 4.90 Å². The molecule has 4 aliphatic carbocycles. The Hall–Kier alpha value is -3.58. The van der Waals surface area contributed by atoms with Crippen LogP contribution < -0.4 is 4.90 Å². The number of fused-ring (bicyclic) bond motifs is 3. The third-order valence-electron chi connectivity index (χ3n) is 10.3. The van der Waals surface area contributed by atoms with Crippen LogP contribution in [0.2, 0.25) is 0 Å². The van der Waals surface area contributed by atoms with Crippen LogP contribution in [0.5, 0.6) is 0 Å². The van der Waals surface area contributed by atoms with Crippen molar-refractivity contribution in [1.82, 2.24) is 0 Å². The first-order valence-corrected chi connectivity index (χ1v) is 13.8. The van der Waals surface area contributed by atoms with Gasteiger partial charge in [0, 0.05) is 17.0 Å². The van der Waals surface area contributed by atoms with Gasteiger partial charge in [0.25, 0.3) is 0 Å². The number of carbonyl (C=O) groups excluding carboxylic acids is 1. The molecule has 39 heavy (non-hydrogen) atoms. The van der Waals surface area contributed by atoms with Crippen LogP contribution in [-0.2, 0) is 11.0 Å². The van der Waals surface area contributed by atoms with E-state index in [4.69, 9.17) is 0 Å². The standard InChI is InChI=1S/C32H28F3N3O/c33-32(34,35)24-8-5-23(6-9-24)27-28(29(39)30-14-19-11-20(15-30)13-21(12-19)16-30)38-25-4-2-1-3-22(25)7-10-26(38)31(27,17-36)18-37/h1-10,19-21,26-28H,11-16H2/t19?,20?,21?,26-,27+,28+,30?/m0/s1. The molecule has 6 aliphatic rings. The molecule has 2 aliphatic heterocycles. The molecule has 2 heterocycles. The Bertz CT molecular complexity index is 1410. The van der Waals surface area contributed by atoms with E-state index in [1.165, 1.54) is 12.1 Å². The first-order chi connectivity index (χ1) is 18.7. The second-order valence-electron chi connectivity index (χ2n) is 12.5. The summed E-state index contributed by atoms with van der Waals surface area (Å²) in [5, 5.41) is 21.3. The molecule has 1 saturated heterocycles. The van der Waals surface area contributed by atoms with Crippen molar-refractivity contribution < 1.29 is 18.0 Å². The monoisotopic (exact) mass is 527 g/mol. The predicted octanol–water partition coefficient (Wildman–Crippen LogP) is 6.89. The Morgan fingerprint density at radius 3 is 2.05 bits per heavy atom. The summed E-state index contributed by atoms with van der Waals surface area (Å²) in [7, 11) is 0. The largest absolute Gasteiger partial charge is 0.416 e. The van der Waals surface area contributed by atoms with E-state index in [-0.39, 0.29) is 5.78 Å². The van der Waals surface area contributed by atoms with Gasteiger partial charge in [0.05, 0.1) is 29.8 Å². The van der Waals surface area contributed by atoms with Crippen molar-refractivity contribution in [2.75, 3.05) is 4.90 Å². The summed E-state index contributed by atoms with van der Waals surface area (Å²) in [6.07, 6.45) is 5.19. The molecule has 4 nitrogen and oxygen atoms in total. The molecule has 7 heteroatoms. The number of nitriles is 2. The number of benzene rings is 2. The number of halogens is 3. The van der Waals surface area contributed by atoms with E-state index in [9.17, 15) is 23.7 Å². The minimum atomic E-state index is -4.51. The zero-order valence-electron chi connectivity index (χ0n) is 21.4. The number of nitrogens with zero attached hydrogens (tertiary/aromatic N) is 3. The maximum Gasteiger partial charge on any atom is 0.416 e. The summed E-state index contributed by atoms with van der Waals surface area (Å²) in [4.78, 5) is 17.0. The third-order valence-corrected chi connectivity index (χ3v) is 10.3. The zero-order valence-corrected chi connectivity index (χ0v) is 21.4. The summed E-state index contributed by atoms with van der Waals surface area (Å²) < 4.78 is 40.3. The number of hydrogen-bond donors (Lipinski definition) is 0. The molecule has 198 valence electrons. The smallest absolute Gasteiger partial charge is 0.351 e. The first kappa shape index (κ1) is 24.5. The Balaban J connectivity index is 1.42. The average molecular weight is 528 g/mol. The van der Waals surface area contributed by atoms with E-state index < -0.39 is 40.6 Å². The Morgan fingerprint density at radius 2 is 1.49 bits per heavy atom. The van der Waals surface area contributed by atoms with Crippen LogP contribution in [0.25, 0.3) is 6.08 Å². The Kier molecular flexibility index (Phi) is 5.15. The lowest BCUT2D eigenvalue weighted by Crippen LogP contribution is -2.56. The summed E-state index contributed by atoms with van der Waals surface area (Å²) >= 11 is 0. The van der Waals surface area contributed by atoms with Gasteiger partial charge in [-0.15, -0.1) is 0 Å². The van der Waals surface area contributed by atoms with E-state index in [2.05, 4.69) is 12.1 Å². The van der Waals surface area contributed by atoms with Crippen molar-refractivity contribution in [1.29, 1.82) is 10.5 Å². The molecule has 2 aromatic carbocycles. The van der Waals surface area contributed by atoms with Crippen molar-refractivity contribution >= 4 is 17.5 Å². The van der Waals surface area contributed by atoms with Crippen LogP contribution in [0.15, 0.2) is 54.6 Å².